The predicted octanol–water partition coefficient (Wildman–Crippen LogP) is 2.82. The van der Waals surface area contributed by atoms with E-state index in [1.165, 1.54) is 17.3 Å². The topological polar surface area (TPSA) is 37.7 Å². The van der Waals surface area contributed by atoms with Crippen LogP contribution in [0.3, 0.4) is 0 Å². The highest BCUT2D eigenvalue weighted by molar-refractivity contribution is 5.89. The second-order valence-corrected chi connectivity index (χ2v) is 7.94. The van der Waals surface area contributed by atoms with E-state index in [9.17, 15) is 4.79 Å². The van der Waals surface area contributed by atoms with Crippen LogP contribution in [0.1, 0.15) is 31.2 Å². The SMILES string of the molecule is Cn1cc(CC(=O)N2CCCCC2CCN2CCOCC2)c2ccccc21. The van der Waals surface area contributed by atoms with E-state index in [1.54, 1.807) is 0 Å². The van der Waals surface area contributed by atoms with Gasteiger partial charge < -0.3 is 14.2 Å². The number of hydrogen-bond acceptors (Lipinski definition) is 3. The van der Waals surface area contributed by atoms with E-state index in [-0.39, 0.29) is 5.91 Å². The minimum absolute atomic E-state index is 0.290. The molecule has 27 heavy (non-hydrogen) atoms. The molecule has 0 N–H and O–H groups in total. The van der Waals surface area contributed by atoms with Crippen molar-refractivity contribution in [1.29, 1.82) is 0 Å². The number of fused-ring (bicyclic) bond motifs is 1. The molecule has 4 rings (SSSR count). The van der Waals surface area contributed by atoms with Crippen LogP contribution in [0.5, 0.6) is 0 Å². The van der Waals surface area contributed by atoms with Crippen LogP contribution in [0.15, 0.2) is 30.5 Å². The summed E-state index contributed by atoms with van der Waals surface area (Å²) in [5.74, 6) is 0.290. The van der Waals surface area contributed by atoms with E-state index in [0.29, 0.717) is 12.5 Å². The number of carbonyl (C=O) groups is 1. The number of hydrogen-bond donors (Lipinski definition) is 0. The Balaban J connectivity index is 1.42. The van der Waals surface area contributed by atoms with Crippen molar-refractivity contribution in [2.75, 3.05) is 39.4 Å². The Kier molecular flexibility index (Phi) is 5.79. The molecule has 146 valence electrons. The molecule has 0 radical (unpaired) electrons. The predicted molar refractivity (Wildman–Crippen MR) is 108 cm³/mol. The molecule has 2 fully saturated rings. The van der Waals surface area contributed by atoms with Gasteiger partial charge in [0.05, 0.1) is 19.6 Å². The quantitative estimate of drug-likeness (QED) is 0.813. The smallest absolute Gasteiger partial charge is 0.227 e. The fourth-order valence-electron chi connectivity index (χ4n) is 4.62. The minimum Gasteiger partial charge on any atom is -0.379 e. The third-order valence-corrected chi connectivity index (χ3v) is 6.15. The van der Waals surface area contributed by atoms with E-state index >= 15 is 0 Å². The number of rotatable bonds is 5. The van der Waals surface area contributed by atoms with E-state index < -0.39 is 0 Å². The first kappa shape index (κ1) is 18.5. The molecule has 0 saturated carbocycles. The lowest BCUT2D eigenvalue weighted by Gasteiger charge is -2.37. The molecule has 1 aromatic heterocycles. The number of carbonyl (C=O) groups excluding carboxylic acids is 1. The summed E-state index contributed by atoms with van der Waals surface area (Å²) in [5.41, 5.74) is 2.35. The normalized spacial score (nSPS) is 21.7. The molecule has 1 unspecified atom stereocenters. The molecule has 0 spiro atoms. The fourth-order valence-corrected chi connectivity index (χ4v) is 4.62. The zero-order valence-electron chi connectivity index (χ0n) is 16.4. The van der Waals surface area contributed by atoms with Gasteiger partial charge in [-0.2, -0.15) is 0 Å². The van der Waals surface area contributed by atoms with Crippen LogP contribution in [0, 0.1) is 0 Å². The highest BCUT2D eigenvalue weighted by atomic mass is 16.5. The summed E-state index contributed by atoms with van der Waals surface area (Å²) >= 11 is 0. The summed E-state index contributed by atoms with van der Waals surface area (Å²) in [6, 6.07) is 8.76. The Morgan fingerprint density at radius 2 is 1.96 bits per heavy atom. The molecule has 3 heterocycles. The number of aromatic nitrogens is 1. The second-order valence-electron chi connectivity index (χ2n) is 7.94. The summed E-state index contributed by atoms with van der Waals surface area (Å²) in [6.07, 6.45) is 7.23. The van der Waals surface area contributed by atoms with Crippen LogP contribution in [-0.4, -0.2) is 65.7 Å². The largest absolute Gasteiger partial charge is 0.379 e. The Morgan fingerprint density at radius 3 is 2.81 bits per heavy atom. The average molecular weight is 370 g/mol. The number of likely N-dealkylation sites (tertiary alicyclic amines) is 1. The van der Waals surface area contributed by atoms with Crippen molar-refractivity contribution in [3.63, 3.8) is 0 Å². The van der Waals surface area contributed by atoms with Crippen molar-refractivity contribution in [1.82, 2.24) is 14.4 Å². The summed E-state index contributed by atoms with van der Waals surface area (Å²) in [4.78, 5) is 17.8. The third-order valence-electron chi connectivity index (χ3n) is 6.15. The first-order valence-electron chi connectivity index (χ1n) is 10.3. The van der Waals surface area contributed by atoms with Gasteiger partial charge in [-0.25, -0.2) is 0 Å². The van der Waals surface area contributed by atoms with Crippen LogP contribution < -0.4 is 0 Å². The molecule has 5 nitrogen and oxygen atoms in total. The number of nitrogens with zero attached hydrogens (tertiary/aromatic N) is 3. The van der Waals surface area contributed by atoms with Gasteiger partial charge in [0.25, 0.3) is 0 Å². The Hall–Kier alpha value is -1.85. The van der Waals surface area contributed by atoms with E-state index in [1.807, 2.05) is 0 Å². The van der Waals surface area contributed by atoms with E-state index in [0.717, 1.165) is 64.2 Å². The molecular formula is C22H31N3O2. The van der Waals surface area contributed by atoms with Crippen molar-refractivity contribution in [2.24, 2.45) is 7.05 Å². The van der Waals surface area contributed by atoms with Gasteiger partial charge in [-0.3, -0.25) is 9.69 Å². The van der Waals surface area contributed by atoms with Crippen LogP contribution in [0.25, 0.3) is 10.9 Å². The molecule has 0 aliphatic carbocycles. The van der Waals surface area contributed by atoms with Gasteiger partial charge in [-0.05, 0) is 37.3 Å². The first-order chi connectivity index (χ1) is 13.2. The maximum absolute atomic E-state index is 13.2. The maximum Gasteiger partial charge on any atom is 0.227 e. The Labute approximate surface area is 161 Å². The standard InChI is InChI=1S/C22H31N3O2/c1-23-17-18(20-7-2-3-8-21(20)23)16-22(26)25-10-5-4-6-19(25)9-11-24-12-14-27-15-13-24/h2-3,7-8,17,19H,4-6,9-16H2,1H3. The van der Waals surface area contributed by atoms with Crippen LogP contribution in [-0.2, 0) is 23.0 Å². The van der Waals surface area contributed by atoms with Gasteiger partial charge in [0, 0.05) is 56.4 Å². The number of morpholine rings is 1. The molecule has 5 heteroatoms. The van der Waals surface area contributed by atoms with Gasteiger partial charge in [-0.15, -0.1) is 0 Å². The zero-order valence-corrected chi connectivity index (χ0v) is 16.4. The van der Waals surface area contributed by atoms with Gasteiger partial charge in [0.1, 0.15) is 0 Å². The fraction of sp³-hybridized carbons (Fsp3) is 0.591. The number of para-hydroxylation sites is 1. The molecule has 1 aromatic carbocycles. The van der Waals surface area contributed by atoms with Crippen molar-refractivity contribution < 1.29 is 9.53 Å². The number of benzene rings is 1. The Morgan fingerprint density at radius 1 is 1.15 bits per heavy atom. The highest BCUT2D eigenvalue weighted by Gasteiger charge is 2.27. The molecule has 2 aromatic rings. The lowest BCUT2D eigenvalue weighted by molar-refractivity contribution is -0.134. The Bertz CT molecular complexity index is 779. The van der Waals surface area contributed by atoms with Gasteiger partial charge in [0.15, 0.2) is 0 Å². The van der Waals surface area contributed by atoms with E-state index in [2.05, 4.69) is 51.9 Å². The minimum atomic E-state index is 0.290. The summed E-state index contributed by atoms with van der Waals surface area (Å²) in [5, 5.41) is 1.20. The molecule has 1 amide bonds. The van der Waals surface area contributed by atoms with Crippen LogP contribution >= 0.6 is 0 Å². The lowest BCUT2D eigenvalue weighted by atomic mass is 9.97. The van der Waals surface area contributed by atoms with Crippen molar-refractivity contribution in [3.8, 4) is 0 Å². The lowest BCUT2D eigenvalue weighted by Crippen LogP contribution is -2.46. The third kappa shape index (κ3) is 4.19. The number of piperidine rings is 1. The monoisotopic (exact) mass is 369 g/mol. The molecule has 0 bridgehead atoms. The van der Waals surface area contributed by atoms with Gasteiger partial charge in [-0.1, -0.05) is 18.2 Å². The van der Waals surface area contributed by atoms with Crippen molar-refractivity contribution >= 4 is 16.8 Å². The van der Waals surface area contributed by atoms with Gasteiger partial charge >= 0.3 is 0 Å². The van der Waals surface area contributed by atoms with Crippen LogP contribution in [0.2, 0.25) is 0 Å². The summed E-state index contributed by atoms with van der Waals surface area (Å²) in [7, 11) is 2.06. The molecule has 2 saturated heterocycles. The second kappa shape index (κ2) is 8.44. The summed E-state index contributed by atoms with van der Waals surface area (Å²) < 4.78 is 7.58. The first-order valence-corrected chi connectivity index (χ1v) is 10.3. The average Bonchev–Trinajstić information content (AvgIpc) is 3.03. The maximum atomic E-state index is 13.2. The van der Waals surface area contributed by atoms with Crippen LogP contribution in [0.4, 0.5) is 0 Å². The highest BCUT2D eigenvalue weighted by Crippen LogP contribution is 2.24. The summed E-state index contributed by atoms with van der Waals surface area (Å²) in [6.45, 7) is 5.72. The number of ether oxygens (including phenoxy) is 1. The zero-order chi connectivity index (χ0) is 18.6. The van der Waals surface area contributed by atoms with Crippen molar-refractivity contribution in [2.45, 2.75) is 38.1 Å². The van der Waals surface area contributed by atoms with Gasteiger partial charge in [0.2, 0.25) is 5.91 Å². The number of amides is 1. The van der Waals surface area contributed by atoms with E-state index in [4.69, 9.17) is 4.74 Å². The molecular weight excluding hydrogens is 338 g/mol. The number of aryl methyl sites for hydroxylation is 1. The van der Waals surface area contributed by atoms with Crippen molar-refractivity contribution in [3.05, 3.63) is 36.0 Å². The molecule has 2 aliphatic heterocycles. The molecule has 1 atom stereocenters. The molecule has 2 aliphatic rings.